The topological polar surface area (TPSA) is 109 Å². The Hall–Kier alpha value is -3.64. The van der Waals surface area contributed by atoms with Crippen molar-refractivity contribution in [2.24, 2.45) is 7.05 Å². The van der Waals surface area contributed by atoms with Gasteiger partial charge in [-0.05, 0) is 25.5 Å². The van der Waals surface area contributed by atoms with E-state index in [1.54, 1.807) is 0 Å². The number of rotatable bonds is 6. The van der Waals surface area contributed by atoms with Crippen LogP contribution < -0.4 is 21.3 Å². The molecule has 1 unspecified atom stereocenters. The van der Waals surface area contributed by atoms with E-state index in [4.69, 9.17) is 4.74 Å². The first-order chi connectivity index (χ1) is 14.8. The molecule has 0 radical (unpaired) electrons. The zero-order chi connectivity index (χ0) is 24.4. The quantitative estimate of drug-likeness (QED) is 0.509. The molecule has 1 aromatic heterocycles. The van der Waals surface area contributed by atoms with Gasteiger partial charge < -0.3 is 14.8 Å². The monoisotopic (exact) mass is 461 g/mol. The summed E-state index contributed by atoms with van der Waals surface area (Å²) in [5, 5.41) is 2.25. The van der Waals surface area contributed by atoms with E-state index in [0.29, 0.717) is 0 Å². The summed E-state index contributed by atoms with van der Waals surface area (Å²) in [6.07, 6.45) is -6.16. The molecule has 32 heavy (non-hydrogen) atoms. The van der Waals surface area contributed by atoms with Gasteiger partial charge in [0.1, 0.15) is 23.8 Å². The van der Waals surface area contributed by atoms with Crippen LogP contribution in [0.25, 0.3) is 5.69 Å². The summed E-state index contributed by atoms with van der Waals surface area (Å²) in [7, 11) is 1.92. The second-order valence-electron chi connectivity index (χ2n) is 6.67. The van der Waals surface area contributed by atoms with Crippen molar-refractivity contribution in [3.05, 3.63) is 56.1 Å². The molecule has 13 heteroatoms. The zero-order valence-electron chi connectivity index (χ0n) is 17.4. The first-order valence-corrected chi connectivity index (χ1v) is 9.00. The lowest BCUT2D eigenvalue weighted by Gasteiger charge is -2.18. The summed E-state index contributed by atoms with van der Waals surface area (Å²) in [6, 6.07) is 1.99. The summed E-state index contributed by atoms with van der Waals surface area (Å²) in [5.74, 6) is -2.61. The first-order valence-electron chi connectivity index (χ1n) is 9.00. The van der Waals surface area contributed by atoms with Crippen molar-refractivity contribution in [2.45, 2.75) is 26.1 Å². The van der Waals surface area contributed by atoms with Crippen molar-refractivity contribution in [3.8, 4) is 11.4 Å². The highest BCUT2D eigenvalue weighted by atomic mass is 19.4. The number of hydrogen-bond acceptors (Lipinski definition) is 6. The van der Waals surface area contributed by atoms with E-state index in [1.807, 2.05) is 0 Å². The fraction of sp³-hybridized carbons (Fsp3) is 0.368. The van der Waals surface area contributed by atoms with Crippen molar-refractivity contribution in [3.63, 3.8) is 0 Å². The molecule has 174 valence electrons. The molecule has 1 atom stereocenters. The summed E-state index contributed by atoms with van der Waals surface area (Å²) in [4.78, 5) is 47.8. The lowest BCUT2D eigenvalue weighted by atomic mass is 10.2. The number of carbonyl (C=O) groups excluding carboxylic acids is 2. The molecule has 0 aliphatic heterocycles. The molecular weight excluding hydrogens is 442 g/mol. The van der Waals surface area contributed by atoms with E-state index in [1.165, 1.54) is 13.8 Å². The van der Waals surface area contributed by atoms with Crippen molar-refractivity contribution < 1.29 is 36.6 Å². The van der Waals surface area contributed by atoms with Crippen LogP contribution in [0.3, 0.4) is 0 Å². The molecule has 9 nitrogen and oxygen atoms in total. The van der Waals surface area contributed by atoms with Crippen LogP contribution in [-0.2, 0) is 27.5 Å². The van der Waals surface area contributed by atoms with Crippen molar-refractivity contribution in [1.82, 2.24) is 14.5 Å². The molecular formula is C19H19F4N3O6. The summed E-state index contributed by atoms with van der Waals surface area (Å²) in [5.41, 5.74) is -4.81. The molecule has 1 amide bonds. The van der Waals surface area contributed by atoms with Crippen LogP contribution in [0.2, 0.25) is 0 Å². The van der Waals surface area contributed by atoms with Crippen LogP contribution in [0.4, 0.5) is 17.6 Å². The van der Waals surface area contributed by atoms with Gasteiger partial charge in [0.25, 0.3) is 11.5 Å². The average molecular weight is 461 g/mol. The largest absolute Gasteiger partial charge is 0.481 e. The van der Waals surface area contributed by atoms with E-state index in [-0.39, 0.29) is 26.5 Å². The highest BCUT2D eigenvalue weighted by molar-refractivity contribution is 5.84. The zero-order valence-corrected chi connectivity index (χ0v) is 17.4. The van der Waals surface area contributed by atoms with E-state index in [9.17, 15) is 36.7 Å². The number of aryl methyl sites for hydroxylation is 1. The Morgan fingerprint density at radius 1 is 1.19 bits per heavy atom. The smallest absolute Gasteiger partial charge is 0.431 e. The van der Waals surface area contributed by atoms with Gasteiger partial charge in [-0.3, -0.25) is 19.0 Å². The van der Waals surface area contributed by atoms with Gasteiger partial charge in [0.2, 0.25) is 0 Å². The van der Waals surface area contributed by atoms with Gasteiger partial charge in [0, 0.05) is 19.2 Å². The minimum Gasteiger partial charge on any atom is -0.481 e. The lowest BCUT2D eigenvalue weighted by molar-refractivity contribution is -0.144. The molecule has 2 rings (SSSR count). The Kier molecular flexibility index (Phi) is 7.11. The SMILES string of the molecule is COC(=O)CNC(=O)C(C)Oc1cc(-n2c(=O)cc(C(F)(F)F)n(C)c2=O)c(F)cc1C. The standard InChI is InChI=1S/C19H19F4N3O6/c1-9-5-11(20)12(6-13(9)32-10(2)17(29)24-8-16(28)31-4)26-15(27)7-14(19(21,22)23)25(3)18(26)30/h5-7,10H,8H2,1-4H3,(H,24,29). The normalized spacial score (nSPS) is 12.2. The summed E-state index contributed by atoms with van der Waals surface area (Å²) in [6.45, 7) is 2.31. The second-order valence-corrected chi connectivity index (χ2v) is 6.67. The van der Waals surface area contributed by atoms with Crippen LogP contribution in [0, 0.1) is 12.7 Å². The third kappa shape index (κ3) is 5.15. The Labute approximate surface area is 178 Å². The van der Waals surface area contributed by atoms with Crippen molar-refractivity contribution in [1.29, 1.82) is 0 Å². The minimum atomic E-state index is -4.97. The first kappa shape index (κ1) is 24.6. The van der Waals surface area contributed by atoms with Gasteiger partial charge in [0.05, 0.1) is 12.8 Å². The molecule has 0 aliphatic carbocycles. The maximum atomic E-state index is 14.6. The number of methoxy groups -OCH3 is 1. The number of alkyl halides is 3. The van der Waals surface area contributed by atoms with Gasteiger partial charge in [0.15, 0.2) is 6.10 Å². The Morgan fingerprint density at radius 2 is 1.81 bits per heavy atom. The number of nitrogens with zero attached hydrogens (tertiary/aromatic N) is 2. The molecule has 0 fully saturated rings. The van der Waals surface area contributed by atoms with Crippen LogP contribution in [-0.4, -0.2) is 40.8 Å². The number of hydrogen-bond donors (Lipinski definition) is 1. The lowest BCUT2D eigenvalue weighted by Crippen LogP contribution is -2.41. The predicted octanol–water partition coefficient (Wildman–Crippen LogP) is 1.06. The number of benzene rings is 1. The summed E-state index contributed by atoms with van der Waals surface area (Å²) < 4.78 is 63.9. The molecule has 2 aromatic rings. The van der Waals surface area contributed by atoms with E-state index < -0.39 is 59.1 Å². The van der Waals surface area contributed by atoms with Crippen molar-refractivity contribution >= 4 is 11.9 Å². The third-order valence-corrected chi connectivity index (χ3v) is 4.40. The van der Waals surface area contributed by atoms with E-state index in [0.717, 1.165) is 26.3 Å². The average Bonchev–Trinajstić information content (AvgIpc) is 2.70. The number of ether oxygens (including phenoxy) is 2. The molecule has 0 saturated heterocycles. The number of carbonyl (C=O) groups is 2. The predicted molar refractivity (Wildman–Crippen MR) is 102 cm³/mol. The molecule has 1 N–H and O–H groups in total. The maximum Gasteiger partial charge on any atom is 0.431 e. The van der Waals surface area contributed by atoms with Gasteiger partial charge in [-0.1, -0.05) is 0 Å². The van der Waals surface area contributed by atoms with Gasteiger partial charge in [-0.25, -0.2) is 13.8 Å². The van der Waals surface area contributed by atoms with Gasteiger partial charge >= 0.3 is 17.8 Å². The highest BCUT2D eigenvalue weighted by Gasteiger charge is 2.35. The fourth-order valence-electron chi connectivity index (χ4n) is 2.68. The van der Waals surface area contributed by atoms with Crippen LogP contribution in [0.15, 0.2) is 27.8 Å². The number of aromatic nitrogens is 2. The Balaban J connectivity index is 2.47. The number of nitrogens with one attached hydrogen (secondary N) is 1. The summed E-state index contributed by atoms with van der Waals surface area (Å²) >= 11 is 0. The van der Waals surface area contributed by atoms with Gasteiger partial charge in [-0.15, -0.1) is 0 Å². The van der Waals surface area contributed by atoms with Crippen LogP contribution in [0.5, 0.6) is 5.75 Å². The van der Waals surface area contributed by atoms with Crippen LogP contribution >= 0.6 is 0 Å². The van der Waals surface area contributed by atoms with E-state index in [2.05, 4.69) is 10.1 Å². The number of esters is 1. The highest BCUT2D eigenvalue weighted by Crippen LogP contribution is 2.28. The fourth-order valence-corrected chi connectivity index (χ4v) is 2.68. The Morgan fingerprint density at radius 3 is 2.38 bits per heavy atom. The molecule has 1 aromatic carbocycles. The number of halogens is 4. The Bertz CT molecular complexity index is 1170. The number of amides is 1. The van der Waals surface area contributed by atoms with Gasteiger partial charge in [-0.2, -0.15) is 13.2 Å². The second kappa shape index (κ2) is 9.24. The maximum absolute atomic E-state index is 14.6. The molecule has 1 heterocycles. The molecule has 0 aliphatic rings. The molecule has 0 saturated carbocycles. The minimum absolute atomic E-state index is 0.115. The molecule has 0 spiro atoms. The van der Waals surface area contributed by atoms with Crippen molar-refractivity contribution in [2.75, 3.05) is 13.7 Å². The van der Waals surface area contributed by atoms with Crippen LogP contribution in [0.1, 0.15) is 18.2 Å². The third-order valence-electron chi connectivity index (χ3n) is 4.40. The van der Waals surface area contributed by atoms with E-state index >= 15 is 0 Å². The molecule has 0 bridgehead atoms.